The summed E-state index contributed by atoms with van der Waals surface area (Å²) in [4.78, 5) is 21.3. The fourth-order valence-electron chi connectivity index (χ4n) is 3.34. The highest BCUT2D eigenvalue weighted by molar-refractivity contribution is 5.95. The summed E-state index contributed by atoms with van der Waals surface area (Å²) in [6, 6.07) is 6.29. The summed E-state index contributed by atoms with van der Waals surface area (Å²) in [6.45, 7) is 1.98. The standard InChI is InChI=1S/C18H17N7/c1-5-19-9-11(1)23-18-14-2-6-20-10-15(14)24-17(25-18)13-4-8-22-16-12(13)3-7-21-16/h2-4,6-8,10-11,19H,1,5,9H2,(H,21,22)(H,23,24,25)/t11-/m1/s1. The van der Waals surface area contributed by atoms with Gasteiger partial charge >= 0.3 is 0 Å². The third-order valence-electron chi connectivity index (χ3n) is 4.60. The molecule has 1 fully saturated rings. The normalized spacial score (nSPS) is 17.4. The molecule has 0 bridgehead atoms. The van der Waals surface area contributed by atoms with Crippen molar-refractivity contribution in [1.29, 1.82) is 0 Å². The minimum atomic E-state index is 0.379. The maximum atomic E-state index is 4.84. The lowest BCUT2D eigenvalue weighted by Crippen LogP contribution is -2.23. The number of hydrogen-bond acceptors (Lipinski definition) is 6. The monoisotopic (exact) mass is 331 g/mol. The van der Waals surface area contributed by atoms with Gasteiger partial charge in [0.2, 0.25) is 0 Å². The average molecular weight is 331 g/mol. The molecule has 1 atom stereocenters. The molecular weight excluding hydrogens is 314 g/mol. The number of pyridine rings is 2. The van der Waals surface area contributed by atoms with Gasteiger partial charge in [-0.2, -0.15) is 0 Å². The number of H-pyrrole nitrogens is 1. The molecule has 1 aliphatic heterocycles. The van der Waals surface area contributed by atoms with Crippen LogP contribution in [0.4, 0.5) is 5.82 Å². The van der Waals surface area contributed by atoms with Gasteiger partial charge < -0.3 is 15.6 Å². The maximum absolute atomic E-state index is 4.84. The number of nitrogens with one attached hydrogen (secondary N) is 3. The summed E-state index contributed by atoms with van der Waals surface area (Å²) in [6.07, 6.45) is 8.31. The van der Waals surface area contributed by atoms with Gasteiger partial charge in [-0.1, -0.05) is 0 Å². The van der Waals surface area contributed by atoms with Crippen LogP contribution in [0, 0.1) is 0 Å². The van der Waals surface area contributed by atoms with Crippen molar-refractivity contribution in [2.45, 2.75) is 12.5 Å². The van der Waals surface area contributed by atoms with Crippen LogP contribution in [0.5, 0.6) is 0 Å². The smallest absolute Gasteiger partial charge is 0.163 e. The summed E-state index contributed by atoms with van der Waals surface area (Å²) in [7, 11) is 0. The molecule has 0 aromatic carbocycles. The lowest BCUT2D eigenvalue weighted by Gasteiger charge is -2.15. The Balaban J connectivity index is 1.69. The number of aromatic amines is 1. The lowest BCUT2D eigenvalue weighted by atomic mass is 10.1. The first-order valence-electron chi connectivity index (χ1n) is 8.40. The zero-order valence-electron chi connectivity index (χ0n) is 13.5. The Morgan fingerprint density at radius 3 is 3.00 bits per heavy atom. The summed E-state index contributed by atoms with van der Waals surface area (Å²) < 4.78 is 0. The zero-order chi connectivity index (χ0) is 16.6. The molecule has 1 aliphatic rings. The van der Waals surface area contributed by atoms with Gasteiger partial charge in [0.1, 0.15) is 11.5 Å². The second kappa shape index (κ2) is 5.78. The van der Waals surface area contributed by atoms with Crippen LogP contribution in [-0.2, 0) is 0 Å². The number of fused-ring (bicyclic) bond motifs is 2. The third kappa shape index (κ3) is 2.49. The van der Waals surface area contributed by atoms with Crippen molar-refractivity contribution in [3.8, 4) is 11.4 Å². The Morgan fingerprint density at radius 1 is 1.08 bits per heavy atom. The summed E-state index contributed by atoms with van der Waals surface area (Å²) in [5.41, 5.74) is 2.63. The number of aromatic nitrogens is 5. The Labute approximate surface area is 143 Å². The van der Waals surface area contributed by atoms with Crippen molar-refractivity contribution in [1.82, 2.24) is 30.2 Å². The Bertz CT molecular complexity index is 1050. The van der Waals surface area contributed by atoms with Crippen LogP contribution >= 0.6 is 0 Å². The molecule has 0 amide bonds. The fourth-order valence-corrected chi connectivity index (χ4v) is 3.34. The molecule has 0 unspecified atom stereocenters. The molecule has 4 aromatic rings. The minimum absolute atomic E-state index is 0.379. The average Bonchev–Trinajstić information content (AvgIpc) is 3.32. The Morgan fingerprint density at radius 2 is 2.08 bits per heavy atom. The van der Waals surface area contributed by atoms with Gasteiger partial charge in [0.05, 0.1) is 11.7 Å². The summed E-state index contributed by atoms with van der Waals surface area (Å²) in [5, 5.41) is 8.95. The molecule has 0 spiro atoms. The van der Waals surface area contributed by atoms with Gasteiger partial charge in [0, 0.05) is 47.5 Å². The van der Waals surface area contributed by atoms with Gasteiger partial charge in [0.25, 0.3) is 0 Å². The minimum Gasteiger partial charge on any atom is -0.365 e. The van der Waals surface area contributed by atoms with Crippen LogP contribution < -0.4 is 10.6 Å². The molecule has 25 heavy (non-hydrogen) atoms. The molecule has 0 saturated carbocycles. The molecule has 7 nitrogen and oxygen atoms in total. The van der Waals surface area contributed by atoms with Crippen LogP contribution in [0.15, 0.2) is 43.0 Å². The highest BCUT2D eigenvalue weighted by atomic mass is 15.1. The van der Waals surface area contributed by atoms with E-state index in [-0.39, 0.29) is 0 Å². The van der Waals surface area contributed by atoms with Crippen molar-refractivity contribution < 1.29 is 0 Å². The van der Waals surface area contributed by atoms with Crippen LogP contribution in [0.25, 0.3) is 33.3 Å². The quantitative estimate of drug-likeness (QED) is 0.534. The number of nitrogens with zero attached hydrogens (tertiary/aromatic N) is 4. The van der Waals surface area contributed by atoms with Crippen LogP contribution in [0.3, 0.4) is 0 Å². The molecule has 5 heterocycles. The predicted molar refractivity (Wildman–Crippen MR) is 97.3 cm³/mol. The second-order valence-electron chi connectivity index (χ2n) is 6.22. The predicted octanol–water partition coefficient (Wildman–Crippen LogP) is 2.34. The molecular formula is C18H17N7. The van der Waals surface area contributed by atoms with Crippen LogP contribution in [0.2, 0.25) is 0 Å². The van der Waals surface area contributed by atoms with E-state index in [9.17, 15) is 0 Å². The first kappa shape index (κ1) is 14.3. The van der Waals surface area contributed by atoms with E-state index in [4.69, 9.17) is 9.97 Å². The van der Waals surface area contributed by atoms with E-state index in [1.54, 1.807) is 18.6 Å². The SMILES string of the molecule is c1cc2c(N[C@@H]3CCNC3)nc(-c3ccnc4[nH]ccc34)nc2cn1. The maximum Gasteiger partial charge on any atom is 0.163 e. The van der Waals surface area contributed by atoms with Gasteiger partial charge in [-0.3, -0.25) is 4.98 Å². The van der Waals surface area contributed by atoms with Crippen LogP contribution in [-0.4, -0.2) is 44.1 Å². The molecule has 1 saturated heterocycles. The van der Waals surface area contributed by atoms with Gasteiger partial charge in [-0.05, 0) is 31.2 Å². The number of hydrogen-bond donors (Lipinski definition) is 3. The zero-order valence-corrected chi connectivity index (χ0v) is 13.5. The number of anilines is 1. The second-order valence-corrected chi connectivity index (χ2v) is 6.22. The Kier molecular flexibility index (Phi) is 3.31. The summed E-state index contributed by atoms with van der Waals surface area (Å²) >= 11 is 0. The highest BCUT2D eigenvalue weighted by Crippen LogP contribution is 2.29. The molecule has 5 rings (SSSR count). The summed E-state index contributed by atoms with van der Waals surface area (Å²) in [5.74, 6) is 1.54. The first-order chi connectivity index (χ1) is 12.4. The van der Waals surface area contributed by atoms with Crippen molar-refractivity contribution in [2.75, 3.05) is 18.4 Å². The van der Waals surface area contributed by atoms with Gasteiger partial charge in [-0.15, -0.1) is 0 Å². The van der Waals surface area contributed by atoms with E-state index in [0.29, 0.717) is 11.9 Å². The van der Waals surface area contributed by atoms with E-state index >= 15 is 0 Å². The van der Waals surface area contributed by atoms with Crippen molar-refractivity contribution in [2.24, 2.45) is 0 Å². The van der Waals surface area contributed by atoms with Crippen molar-refractivity contribution in [3.63, 3.8) is 0 Å². The van der Waals surface area contributed by atoms with E-state index < -0.39 is 0 Å². The van der Waals surface area contributed by atoms with E-state index in [1.165, 1.54) is 0 Å². The molecule has 4 aromatic heterocycles. The topological polar surface area (TPSA) is 91.4 Å². The molecule has 0 radical (unpaired) electrons. The van der Waals surface area contributed by atoms with Gasteiger partial charge in [0.15, 0.2) is 5.82 Å². The van der Waals surface area contributed by atoms with E-state index in [0.717, 1.165) is 52.8 Å². The van der Waals surface area contributed by atoms with Crippen molar-refractivity contribution >= 4 is 27.8 Å². The molecule has 124 valence electrons. The molecule has 3 N–H and O–H groups in total. The van der Waals surface area contributed by atoms with E-state index in [1.807, 2.05) is 24.4 Å². The largest absolute Gasteiger partial charge is 0.365 e. The third-order valence-corrected chi connectivity index (χ3v) is 4.60. The van der Waals surface area contributed by atoms with Crippen LogP contribution in [0.1, 0.15) is 6.42 Å². The van der Waals surface area contributed by atoms with Gasteiger partial charge in [-0.25, -0.2) is 15.0 Å². The number of rotatable bonds is 3. The van der Waals surface area contributed by atoms with Crippen molar-refractivity contribution in [3.05, 3.63) is 43.0 Å². The highest BCUT2D eigenvalue weighted by Gasteiger charge is 2.18. The first-order valence-corrected chi connectivity index (χ1v) is 8.40. The fraction of sp³-hybridized carbons (Fsp3) is 0.222. The Hall–Kier alpha value is -3.06. The molecule has 7 heteroatoms. The molecule has 0 aliphatic carbocycles. The van der Waals surface area contributed by atoms with E-state index in [2.05, 4.69) is 25.6 Å². The lowest BCUT2D eigenvalue weighted by molar-refractivity contribution is 0.789.